The van der Waals surface area contributed by atoms with Crippen LogP contribution in [0.5, 0.6) is 0 Å². The van der Waals surface area contributed by atoms with Crippen LogP contribution in [-0.4, -0.2) is 5.48 Å². The molecule has 0 amide bonds. The molecule has 0 bridgehead atoms. The molecular weight excluding hydrogens is 331 g/mol. The van der Waals surface area contributed by atoms with E-state index in [0.717, 1.165) is 0 Å². The maximum atomic E-state index is 2.76. The summed E-state index contributed by atoms with van der Waals surface area (Å²) in [5.41, 5.74) is 0. The molecule has 0 aliphatic rings. The van der Waals surface area contributed by atoms with Crippen LogP contribution < -0.4 is 0 Å². The standard InChI is InChI=1S/Ag.BrH.HI.H2O/h;2*1H;1H2/q+1;;;/p-1. The van der Waals surface area contributed by atoms with E-state index in [1.54, 1.807) is 0 Å². The summed E-state index contributed by atoms with van der Waals surface area (Å²) in [7, 11) is 0. The summed E-state index contributed by atoms with van der Waals surface area (Å²) < 4.78 is 0. The number of rotatable bonds is 0. The molecule has 0 atom stereocenters. The van der Waals surface area contributed by atoms with Gasteiger partial charge in [0.15, 0.2) is 0 Å². The zero-order chi connectivity index (χ0) is 2.00. The zero-order valence-electron chi connectivity index (χ0n) is 1.59. The number of hydrogen-bond donors (Lipinski definition) is 0. The first-order valence-corrected chi connectivity index (χ1v) is 3.50. The van der Waals surface area contributed by atoms with E-state index < -0.39 is 0 Å². The van der Waals surface area contributed by atoms with Crippen LogP contribution in [0.1, 0.15) is 0 Å². The van der Waals surface area contributed by atoms with Crippen LogP contribution in [0.4, 0.5) is 0 Å². The van der Waals surface area contributed by atoms with Gasteiger partial charge < -0.3 is 5.48 Å². The minimum atomic E-state index is 0. The Morgan fingerprint density at radius 2 is 1.25 bits per heavy atom. The van der Waals surface area contributed by atoms with E-state index in [-0.39, 0.29) is 29.5 Å². The molecule has 0 aromatic heterocycles. The molecule has 2 N–H and O–H groups in total. The van der Waals surface area contributed by atoms with E-state index in [4.69, 9.17) is 0 Å². The Labute approximate surface area is 60.7 Å². The van der Waals surface area contributed by atoms with Crippen LogP contribution in [0.2, 0.25) is 0 Å². The van der Waals surface area contributed by atoms with E-state index in [1.807, 2.05) is 0 Å². The summed E-state index contributed by atoms with van der Waals surface area (Å²) in [6, 6.07) is 0. The van der Waals surface area contributed by atoms with Crippen molar-refractivity contribution >= 4 is 37.0 Å². The van der Waals surface area contributed by atoms with E-state index in [0.29, 0.717) is 0 Å². The Morgan fingerprint density at radius 1 is 1.25 bits per heavy atom. The zero-order valence-corrected chi connectivity index (χ0v) is 6.99. The molecule has 0 radical (unpaired) electrons. The quantitative estimate of drug-likeness (QED) is 0.460. The average molecular weight is 334 g/mol. The summed E-state index contributed by atoms with van der Waals surface area (Å²) >= 11 is 5.51. The van der Waals surface area contributed by atoms with Crippen LogP contribution in [0.3, 0.4) is 0 Å². The molecule has 4 heavy (non-hydrogen) atoms. The third-order valence-electron chi connectivity index (χ3n) is 0. The molecule has 34 valence electrons. The molecular formula is H3AgBrIO. The molecule has 0 aromatic carbocycles. The first-order chi connectivity index (χ1) is 1.00. The van der Waals surface area contributed by atoms with Gasteiger partial charge in [-0.1, -0.05) is 0 Å². The molecule has 1 nitrogen and oxygen atoms in total. The molecule has 0 heterocycles. The second kappa shape index (κ2) is 20.6. The third-order valence-corrected chi connectivity index (χ3v) is 0. The van der Waals surface area contributed by atoms with Crippen molar-refractivity contribution in [1.82, 2.24) is 0 Å². The Morgan fingerprint density at radius 3 is 1.25 bits per heavy atom. The van der Waals surface area contributed by atoms with Crippen LogP contribution in [0, 0.1) is 0 Å². The summed E-state index contributed by atoms with van der Waals surface area (Å²) in [5, 5.41) is 0. The predicted molar refractivity (Wildman–Crippen MR) is 28.0 cm³/mol. The van der Waals surface area contributed by atoms with Gasteiger partial charge in [-0.05, 0) is 0 Å². The first-order valence-electron chi connectivity index (χ1n) is 0.114. The SMILES string of the molecule is I.O.[Br][Ag]. The van der Waals surface area contributed by atoms with Crippen molar-refractivity contribution in [3.8, 4) is 0 Å². The fourth-order valence-corrected chi connectivity index (χ4v) is 0. The molecule has 0 aliphatic carbocycles. The summed E-state index contributed by atoms with van der Waals surface area (Å²) in [6.07, 6.45) is 0. The van der Waals surface area contributed by atoms with Gasteiger partial charge in [-0.2, -0.15) is 0 Å². The first kappa shape index (κ1) is 16.8. The van der Waals surface area contributed by atoms with Crippen molar-refractivity contribution < 1.29 is 24.4 Å². The van der Waals surface area contributed by atoms with Gasteiger partial charge in [0.1, 0.15) is 0 Å². The minimum absolute atomic E-state index is 0. The van der Waals surface area contributed by atoms with Crippen LogP contribution in [0.25, 0.3) is 0 Å². The van der Waals surface area contributed by atoms with Gasteiger partial charge in [0.2, 0.25) is 0 Å². The van der Waals surface area contributed by atoms with E-state index in [9.17, 15) is 0 Å². The molecule has 0 spiro atoms. The monoisotopic (exact) mass is 332 g/mol. The van der Waals surface area contributed by atoms with Crippen molar-refractivity contribution in [2.24, 2.45) is 0 Å². The number of hydrogen-bond acceptors (Lipinski definition) is 0. The van der Waals surface area contributed by atoms with Gasteiger partial charge in [-0.25, -0.2) is 0 Å². The van der Waals surface area contributed by atoms with E-state index in [2.05, 4.69) is 32.0 Å². The van der Waals surface area contributed by atoms with Crippen LogP contribution >= 0.6 is 37.0 Å². The van der Waals surface area contributed by atoms with E-state index >= 15 is 0 Å². The maximum absolute atomic E-state index is 2.76. The van der Waals surface area contributed by atoms with Crippen LogP contribution in [-0.2, 0) is 18.9 Å². The molecule has 4 heteroatoms. The van der Waals surface area contributed by atoms with Crippen molar-refractivity contribution in [2.75, 3.05) is 0 Å². The Kier molecular flexibility index (Phi) is 86.5. The molecule has 0 saturated heterocycles. The Bertz CT molecular complexity index is 8.00. The van der Waals surface area contributed by atoms with Gasteiger partial charge >= 0.3 is 32.0 Å². The molecule has 0 aliphatic heterocycles. The van der Waals surface area contributed by atoms with Crippen molar-refractivity contribution in [1.29, 1.82) is 0 Å². The third kappa shape index (κ3) is 9.08. The predicted octanol–water partition coefficient (Wildman–Crippen LogP) is 0.636. The Balaban J connectivity index is -0.00000000500. The fraction of sp³-hybridized carbons (Fsp3) is 0. The second-order valence-electron chi connectivity index (χ2n) is 0. The van der Waals surface area contributed by atoms with Gasteiger partial charge in [0, 0.05) is 0 Å². The van der Waals surface area contributed by atoms with Gasteiger partial charge in [-0.15, -0.1) is 24.0 Å². The van der Waals surface area contributed by atoms with Crippen molar-refractivity contribution in [2.45, 2.75) is 0 Å². The summed E-state index contributed by atoms with van der Waals surface area (Å²) in [5.74, 6) is 0. The second-order valence-corrected chi connectivity index (χ2v) is 0. The normalized spacial score (nSPS) is 1.75. The van der Waals surface area contributed by atoms with Gasteiger partial charge in [0.05, 0.1) is 0 Å². The summed E-state index contributed by atoms with van der Waals surface area (Å²) in [6.45, 7) is 0. The molecule has 0 unspecified atom stereocenters. The molecule has 0 fully saturated rings. The van der Waals surface area contributed by atoms with Gasteiger partial charge in [0.25, 0.3) is 0 Å². The number of halogens is 2. The summed E-state index contributed by atoms with van der Waals surface area (Å²) in [4.78, 5) is 0. The fourth-order valence-electron chi connectivity index (χ4n) is 0. The topological polar surface area (TPSA) is 31.5 Å². The average Bonchev–Trinajstić information content (AvgIpc) is 1.00. The van der Waals surface area contributed by atoms with Crippen LogP contribution in [0.15, 0.2) is 0 Å². The molecule has 0 aromatic rings. The van der Waals surface area contributed by atoms with Crippen molar-refractivity contribution in [3.05, 3.63) is 0 Å². The van der Waals surface area contributed by atoms with Crippen molar-refractivity contribution in [3.63, 3.8) is 0 Å². The molecule has 0 saturated carbocycles. The van der Waals surface area contributed by atoms with Gasteiger partial charge in [-0.3, -0.25) is 0 Å². The molecule has 0 rings (SSSR count). The Hall–Kier alpha value is 1.91. The van der Waals surface area contributed by atoms with E-state index in [1.165, 1.54) is 0 Å².